The molecule has 1 heterocycles. The summed E-state index contributed by atoms with van der Waals surface area (Å²) >= 11 is 6.93. The van der Waals surface area contributed by atoms with Crippen LogP contribution in [0.2, 0.25) is 0 Å². The summed E-state index contributed by atoms with van der Waals surface area (Å²) in [5.41, 5.74) is 1.17. The van der Waals surface area contributed by atoms with Crippen LogP contribution in [0.5, 0.6) is 11.5 Å². The smallest absolute Gasteiger partial charge is 0.282 e. The van der Waals surface area contributed by atoms with Crippen LogP contribution in [0.15, 0.2) is 49.2 Å². The summed E-state index contributed by atoms with van der Waals surface area (Å²) in [6.45, 7) is 8.08. The van der Waals surface area contributed by atoms with Gasteiger partial charge < -0.3 is 9.47 Å². The first kappa shape index (κ1) is 21.5. The monoisotopic (exact) mass is 521 g/mol. The highest BCUT2D eigenvalue weighted by atomic mass is 79.9. The van der Waals surface area contributed by atoms with Crippen molar-refractivity contribution in [2.45, 2.75) is 33.8 Å². The first-order valence-electron chi connectivity index (χ1n) is 9.16. The number of benzene rings is 2. The van der Waals surface area contributed by atoms with Gasteiger partial charge in [-0.25, -0.2) is 4.98 Å². The molecule has 1 aromatic heterocycles. The van der Waals surface area contributed by atoms with Gasteiger partial charge in [0.25, 0.3) is 5.56 Å². The van der Waals surface area contributed by atoms with Crippen molar-refractivity contribution in [2.24, 2.45) is 5.10 Å². The second kappa shape index (κ2) is 9.09. The minimum atomic E-state index is -0.228. The van der Waals surface area contributed by atoms with Crippen LogP contribution in [0.3, 0.4) is 0 Å². The van der Waals surface area contributed by atoms with Gasteiger partial charge in [-0.2, -0.15) is 9.78 Å². The predicted molar refractivity (Wildman–Crippen MR) is 123 cm³/mol. The van der Waals surface area contributed by atoms with Crippen molar-refractivity contribution in [2.75, 3.05) is 6.61 Å². The van der Waals surface area contributed by atoms with Crippen LogP contribution >= 0.6 is 31.9 Å². The number of ether oxygens (including phenoxy) is 2. The van der Waals surface area contributed by atoms with Gasteiger partial charge in [0.1, 0.15) is 5.82 Å². The lowest BCUT2D eigenvalue weighted by molar-refractivity contribution is 0.222. The van der Waals surface area contributed by atoms with E-state index >= 15 is 0 Å². The van der Waals surface area contributed by atoms with E-state index in [4.69, 9.17) is 9.47 Å². The first-order valence-corrected chi connectivity index (χ1v) is 10.7. The van der Waals surface area contributed by atoms with Gasteiger partial charge >= 0.3 is 0 Å². The van der Waals surface area contributed by atoms with Crippen LogP contribution < -0.4 is 15.0 Å². The number of fused-ring (bicyclic) bond motifs is 1. The largest absolute Gasteiger partial charge is 0.490 e. The van der Waals surface area contributed by atoms with E-state index in [1.54, 1.807) is 25.3 Å². The highest BCUT2D eigenvalue weighted by molar-refractivity contribution is 9.10. The summed E-state index contributed by atoms with van der Waals surface area (Å²) in [5.74, 6) is 1.76. The van der Waals surface area contributed by atoms with E-state index in [0.717, 1.165) is 14.5 Å². The van der Waals surface area contributed by atoms with Crippen LogP contribution in [0.25, 0.3) is 10.9 Å². The van der Waals surface area contributed by atoms with Gasteiger partial charge in [-0.3, -0.25) is 4.79 Å². The van der Waals surface area contributed by atoms with Crippen molar-refractivity contribution in [1.82, 2.24) is 9.66 Å². The second-order valence-electron chi connectivity index (χ2n) is 6.61. The molecule has 0 unspecified atom stereocenters. The molecule has 0 atom stereocenters. The van der Waals surface area contributed by atoms with E-state index in [2.05, 4.69) is 41.9 Å². The highest BCUT2D eigenvalue weighted by Gasteiger charge is 2.14. The van der Waals surface area contributed by atoms with Crippen LogP contribution in [-0.2, 0) is 0 Å². The van der Waals surface area contributed by atoms with Gasteiger partial charge in [0.2, 0.25) is 0 Å². The van der Waals surface area contributed by atoms with E-state index < -0.39 is 0 Å². The maximum absolute atomic E-state index is 12.9. The van der Waals surface area contributed by atoms with Crippen molar-refractivity contribution in [3.05, 3.63) is 61.0 Å². The summed E-state index contributed by atoms with van der Waals surface area (Å²) in [6, 6.07) is 9.12. The van der Waals surface area contributed by atoms with E-state index in [0.29, 0.717) is 34.8 Å². The molecule has 0 fully saturated rings. The number of rotatable bonds is 6. The molecule has 0 bridgehead atoms. The Labute approximate surface area is 185 Å². The fourth-order valence-corrected chi connectivity index (χ4v) is 3.71. The molecule has 0 saturated heterocycles. The third-order valence-electron chi connectivity index (χ3n) is 3.98. The molecule has 3 aromatic rings. The SMILES string of the molecule is CCOc1cc(C=Nn2c(C)nc3ccc(Br)cc3c2=O)cc(Br)c1OC(C)C. The van der Waals surface area contributed by atoms with Crippen molar-refractivity contribution in [3.63, 3.8) is 0 Å². The fourth-order valence-electron chi connectivity index (χ4n) is 2.80. The van der Waals surface area contributed by atoms with Crippen molar-refractivity contribution < 1.29 is 9.47 Å². The van der Waals surface area contributed by atoms with Gasteiger partial charge in [0.05, 0.1) is 34.3 Å². The van der Waals surface area contributed by atoms with Gasteiger partial charge in [0, 0.05) is 4.47 Å². The number of aryl methyl sites for hydroxylation is 1. The molecule has 0 amide bonds. The summed E-state index contributed by atoms with van der Waals surface area (Å²) in [6.07, 6.45) is 1.61. The Kier molecular flexibility index (Phi) is 6.74. The average molecular weight is 523 g/mol. The minimum Gasteiger partial charge on any atom is -0.490 e. The Balaban J connectivity index is 2.05. The van der Waals surface area contributed by atoms with Crippen LogP contribution in [0.4, 0.5) is 0 Å². The molecule has 2 aromatic carbocycles. The molecule has 6 nitrogen and oxygen atoms in total. The van der Waals surface area contributed by atoms with Crippen LogP contribution in [-0.4, -0.2) is 28.6 Å². The van der Waals surface area contributed by atoms with E-state index in [1.165, 1.54) is 4.68 Å². The van der Waals surface area contributed by atoms with Crippen molar-refractivity contribution in [3.8, 4) is 11.5 Å². The standard InChI is InChI=1S/C21H21Br2N3O3/c1-5-28-19-9-14(8-17(23)20(19)29-12(2)3)11-24-26-13(4)25-18-7-6-15(22)10-16(18)21(26)27/h6-12H,5H2,1-4H3. The Morgan fingerprint density at radius 2 is 2.00 bits per heavy atom. The average Bonchev–Trinajstić information content (AvgIpc) is 2.65. The molecule has 3 rings (SSSR count). The molecule has 0 spiro atoms. The minimum absolute atomic E-state index is 0.00856. The maximum atomic E-state index is 12.9. The summed E-state index contributed by atoms with van der Waals surface area (Å²) in [4.78, 5) is 17.3. The highest BCUT2D eigenvalue weighted by Crippen LogP contribution is 2.37. The van der Waals surface area contributed by atoms with Gasteiger partial charge in [-0.05, 0) is 79.5 Å². The van der Waals surface area contributed by atoms with Crippen molar-refractivity contribution >= 4 is 49.0 Å². The topological polar surface area (TPSA) is 65.7 Å². The number of hydrogen-bond acceptors (Lipinski definition) is 5. The molecule has 0 aliphatic heterocycles. The second-order valence-corrected chi connectivity index (χ2v) is 8.38. The normalized spacial score (nSPS) is 11.6. The quantitative estimate of drug-likeness (QED) is 0.412. The third kappa shape index (κ3) is 4.87. The van der Waals surface area contributed by atoms with Crippen LogP contribution in [0, 0.1) is 6.92 Å². The third-order valence-corrected chi connectivity index (χ3v) is 5.06. The Hall–Kier alpha value is -2.19. The lowest BCUT2D eigenvalue weighted by Crippen LogP contribution is -2.20. The van der Waals surface area contributed by atoms with Crippen LogP contribution in [0.1, 0.15) is 32.2 Å². The summed E-state index contributed by atoms with van der Waals surface area (Å²) in [5, 5.41) is 4.87. The lowest BCUT2D eigenvalue weighted by atomic mass is 10.2. The molecule has 29 heavy (non-hydrogen) atoms. The molecule has 0 N–H and O–H groups in total. The molecular formula is C21H21Br2N3O3. The molecule has 8 heteroatoms. The van der Waals surface area contributed by atoms with E-state index in [9.17, 15) is 4.79 Å². The molecule has 0 radical (unpaired) electrons. The molecule has 0 aliphatic carbocycles. The number of halogens is 2. The zero-order chi connectivity index (χ0) is 21.1. The Morgan fingerprint density at radius 3 is 2.69 bits per heavy atom. The van der Waals surface area contributed by atoms with E-state index in [1.807, 2.05) is 39.0 Å². The van der Waals surface area contributed by atoms with Gasteiger partial charge in [-0.1, -0.05) is 15.9 Å². The van der Waals surface area contributed by atoms with Crippen molar-refractivity contribution in [1.29, 1.82) is 0 Å². The zero-order valence-corrected chi connectivity index (χ0v) is 19.7. The molecular weight excluding hydrogens is 502 g/mol. The summed E-state index contributed by atoms with van der Waals surface area (Å²) in [7, 11) is 0. The fraction of sp³-hybridized carbons (Fsp3) is 0.286. The maximum Gasteiger partial charge on any atom is 0.282 e. The molecule has 0 saturated carbocycles. The molecule has 152 valence electrons. The zero-order valence-electron chi connectivity index (χ0n) is 16.6. The Bertz CT molecular complexity index is 1140. The van der Waals surface area contributed by atoms with Gasteiger partial charge in [-0.15, -0.1) is 0 Å². The van der Waals surface area contributed by atoms with E-state index in [-0.39, 0.29) is 11.7 Å². The predicted octanol–water partition coefficient (Wildman–Crippen LogP) is 5.30. The summed E-state index contributed by atoms with van der Waals surface area (Å²) < 4.78 is 14.4. The van der Waals surface area contributed by atoms with Gasteiger partial charge in [0.15, 0.2) is 11.5 Å². The first-order chi connectivity index (χ1) is 13.8. The Morgan fingerprint density at radius 1 is 1.24 bits per heavy atom. The number of nitrogens with zero attached hydrogens (tertiary/aromatic N) is 3. The number of aromatic nitrogens is 2. The molecule has 0 aliphatic rings. The number of hydrogen-bond donors (Lipinski definition) is 0. The lowest BCUT2D eigenvalue weighted by Gasteiger charge is -2.16.